The lowest BCUT2D eigenvalue weighted by atomic mass is 10.1. The predicted molar refractivity (Wildman–Crippen MR) is 130 cm³/mol. The number of rotatable bonds is 12. The topological polar surface area (TPSA) is 0 Å². The van der Waals surface area contributed by atoms with E-state index in [1.54, 1.807) is 0 Å². The summed E-state index contributed by atoms with van der Waals surface area (Å²) in [6, 6.07) is 22.5. The first-order valence-electron chi connectivity index (χ1n) is 10.4. The van der Waals surface area contributed by atoms with E-state index in [1.165, 1.54) is 66.8 Å². The Kier molecular flexibility index (Phi) is 9.75. The molecule has 2 aromatic rings. The highest BCUT2D eigenvalue weighted by Gasteiger charge is 2.46. The normalized spacial score (nSPS) is 11.7. The van der Waals surface area contributed by atoms with E-state index in [0.29, 0.717) is 0 Å². The van der Waals surface area contributed by atoms with Gasteiger partial charge in [-0.1, -0.05) is 89.9 Å². The van der Waals surface area contributed by atoms with Gasteiger partial charge >= 0.3 is 0 Å². The van der Waals surface area contributed by atoms with Gasteiger partial charge in [0, 0.05) is 6.42 Å². The van der Waals surface area contributed by atoms with Crippen molar-refractivity contribution in [2.24, 2.45) is 0 Å². The van der Waals surface area contributed by atoms with Crippen LogP contribution in [0.5, 0.6) is 0 Å². The fourth-order valence-electron chi connectivity index (χ4n) is 3.87. The molecule has 27 heavy (non-hydrogen) atoms. The zero-order chi connectivity index (χ0) is 19.5. The van der Waals surface area contributed by atoms with Crippen molar-refractivity contribution in [1.82, 2.24) is 0 Å². The minimum absolute atomic E-state index is 0.00619. The van der Waals surface area contributed by atoms with Crippen LogP contribution in [0.25, 0.3) is 0 Å². The van der Waals surface area contributed by atoms with Gasteiger partial charge in [0.05, 0.1) is 11.2 Å². The molecule has 0 spiro atoms. The SMILES string of the molecule is C=C(CCCCCCCC)[P+](CP(C)C)(c1ccccc1)c1ccccc1. The van der Waals surface area contributed by atoms with Gasteiger partial charge in [-0.3, -0.25) is 0 Å². The quantitative estimate of drug-likeness (QED) is 0.254. The molecule has 0 aliphatic rings. The highest BCUT2D eigenvalue weighted by molar-refractivity contribution is 7.98. The molecule has 0 amide bonds. The lowest BCUT2D eigenvalue weighted by Gasteiger charge is -2.30. The van der Waals surface area contributed by atoms with Crippen molar-refractivity contribution in [2.75, 3.05) is 19.2 Å². The monoisotopic (exact) mass is 399 g/mol. The molecule has 0 radical (unpaired) electrons. The predicted octanol–water partition coefficient (Wildman–Crippen LogP) is 7.62. The minimum Gasteiger partial charge on any atom is -0.0720 e. The molecular formula is C25H37P2+. The van der Waals surface area contributed by atoms with Crippen LogP contribution < -0.4 is 10.6 Å². The van der Waals surface area contributed by atoms with Gasteiger partial charge in [0.1, 0.15) is 17.9 Å². The van der Waals surface area contributed by atoms with Crippen molar-refractivity contribution in [3.63, 3.8) is 0 Å². The van der Waals surface area contributed by atoms with E-state index in [9.17, 15) is 0 Å². The van der Waals surface area contributed by atoms with Gasteiger partial charge in [-0.15, -0.1) is 0 Å². The van der Waals surface area contributed by atoms with Gasteiger partial charge in [-0.25, -0.2) is 0 Å². The zero-order valence-corrected chi connectivity index (χ0v) is 19.3. The van der Waals surface area contributed by atoms with Crippen molar-refractivity contribution in [3.8, 4) is 0 Å². The van der Waals surface area contributed by atoms with Crippen LogP contribution in [0.2, 0.25) is 0 Å². The third-order valence-electron chi connectivity index (χ3n) is 5.25. The molecule has 0 atom stereocenters. The second kappa shape index (κ2) is 11.8. The number of unbranched alkanes of at least 4 members (excludes halogenated alkanes) is 5. The van der Waals surface area contributed by atoms with Gasteiger partial charge in [-0.2, -0.15) is 0 Å². The Balaban J connectivity index is 2.29. The standard InChI is InChI=1S/C25H37P2/c1-5-6-7-8-9-12-17-23(2)27(22-26(3)4,24-18-13-10-14-19-24)25-20-15-11-16-21-25/h10-11,13-16,18-21H,2,5-9,12,17,22H2,1,3-4H3/q+1. The van der Waals surface area contributed by atoms with Crippen molar-refractivity contribution < 1.29 is 0 Å². The van der Waals surface area contributed by atoms with E-state index in [2.05, 4.69) is 80.9 Å². The third-order valence-corrected chi connectivity index (χ3v) is 12.9. The molecule has 0 aromatic heterocycles. The summed E-state index contributed by atoms with van der Waals surface area (Å²) < 4.78 is 0. The molecule has 0 aliphatic heterocycles. The Hall–Kier alpha value is -0.960. The maximum Gasteiger partial charge on any atom is 0.111 e. The molecule has 2 aromatic carbocycles. The first-order valence-corrected chi connectivity index (χ1v) is 14.8. The smallest absolute Gasteiger partial charge is 0.0720 e. The van der Waals surface area contributed by atoms with Gasteiger partial charge in [0.25, 0.3) is 0 Å². The molecule has 0 bridgehead atoms. The Labute approximate surface area is 169 Å². The second-order valence-electron chi connectivity index (χ2n) is 7.79. The summed E-state index contributed by atoms with van der Waals surface area (Å²) in [6.45, 7) is 11.9. The van der Waals surface area contributed by atoms with Crippen molar-refractivity contribution in [2.45, 2.75) is 51.9 Å². The highest BCUT2D eigenvalue weighted by atomic mass is 31.2. The lowest BCUT2D eigenvalue weighted by molar-refractivity contribution is 0.610. The van der Waals surface area contributed by atoms with E-state index in [0.717, 1.165) is 0 Å². The van der Waals surface area contributed by atoms with E-state index in [1.807, 2.05) is 0 Å². The zero-order valence-electron chi connectivity index (χ0n) is 17.5. The molecule has 0 saturated heterocycles. The minimum atomic E-state index is -1.58. The molecule has 0 fully saturated rings. The van der Waals surface area contributed by atoms with Crippen LogP contribution in [0.4, 0.5) is 0 Å². The molecule has 146 valence electrons. The van der Waals surface area contributed by atoms with Crippen LogP contribution in [0.3, 0.4) is 0 Å². The Morgan fingerprint density at radius 1 is 0.778 bits per heavy atom. The van der Waals surface area contributed by atoms with Gasteiger partial charge < -0.3 is 0 Å². The molecule has 2 heteroatoms. The summed E-state index contributed by atoms with van der Waals surface area (Å²) in [5.41, 5.74) is 0. The summed E-state index contributed by atoms with van der Waals surface area (Å²) in [4.78, 5) is 0. The van der Waals surface area contributed by atoms with E-state index in [-0.39, 0.29) is 7.92 Å². The second-order valence-corrected chi connectivity index (χ2v) is 14.4. The number of allylic oxidation sites excluding steroid dienone is 1. The average Bonchev–Trinajstić information content (AvgIpc) is 2.69. The van der Waals surface area contributed by atoms with Crippen LogP contribution >= 0.6 is 15.2 Å². The lowest BCUT2D eigenvalue weighted by Crippen LogP contribution is -2.25. The van der Waals surface area contributed by atoms with Crippen molar-refractivity contribution >= 4 is 25.8 Å². The molecule has 0 heterocycles. The maximum absolute atomic E-state index is 4.73. The number of hydrogen-bond acceptors (Lipinski definition) is 0. The highest BCUT2D eigenvalue weighted by Crippen LogP contribution is 2.68. The van der Waals surface area contributed by atoms with Gasteiger partial charge in [0.15, 0.2) is 0 Å². The van der Waals surface area contributed by atoms with E-state index < -0.39 is 7.26 Å². The largest absolute Gasteiger partial charge is 0.111 e. The molecule has 2 rings (SSSR count). The average molecular weight is 400 g/mol. The Morgan fingerprint density at radius 3 is 1.74 bits per heavy atom. The molecule has 0 aliphatic carbocycles. The first kappa shape index (κ1) is 22.3. The molecule has 0 N–H and O–H groups in total. The number of benzene rings is 2. The Morgan fingerprint density at radius 2 is 1.26 bits per heavy atom. The molecule has 0 nitrogen and oxygen atoms in total. The van der Waals surface area contributed by atoms with Crippen LogP contribution in [-0.4, -0.2) is 19.2 Å². The summed E-state index contributed by atoms with van der Waals surface area (Å²) in [5, 5.41) is 4.54. The first-order chi connectivity index (χ1) is 13.1. The molecular weight excluding hydrogens is 362 g/mol. The molecule has 0 saturated carbocycles. The summed E-state index contributed by atoms with van der Waals surface area (Å²) >= 11 is 0. The van der Waals surface area contributed by atoms with Crippen molar-refractivity contribution in [1.29, 1.82) is 0 Å². The van der Waals surface area contributed by atoms with Gasteiger partial charge in [-0.05, 0) is 44.0 Å². The van der Waals surface area contributed by atoms with E-state index in [4.69, 9.17) is 6.58 Å². The van der Waals surface area contributed by atoms with Crippen LogP contribution in [0.15, 0.2) is 72.6 Å². The summed E-state index contributed by atoms with van der Waals surface area (Å²) in [5.74, 6) is 1.28. The fourth-order valence-corrected chi connectivity index (χ4v) is 12.3. The third kappa shape index (κ3) is 6.27. The van der Waals surface area contributed by atoms with E-state index >= 15 is 0 Å². The summed E-state index contributed by atoms with van der Waals surface area (Å²) in [6.07, 6.45) is 9.26. The maximum atomic E-state index is 4.73. The van der Waals surface area contributed by atoms with Gasteiger partial charge in [0.2, 0.25) is 0 Å². The van der Waals surface area contributed by atoms with Crippen molar-refractivity contribution in [3.05, 3.63) is 72.6 Å². The Bertz CT molecular complexity index is 622. The molecule has 0 unspecified atom stereocenters. The fraction of sp³-hybridized carbons (Fsp3) is 0.440. The summed E-state index contributed by atoms with van der Waals surface area (Å²) in [7, 11) is -1.58. The number of hydrogen-bond donors (Lipinski definition) is 0. The van der Waals surface area contributed by atoms with Crippen LogP contribution in [-0.2, 0) is 0 Å². The van der Waals surface area contributed by atoms with Crippen LogP contribution in [0.1, 0.15) is 51.9 Å². The van der Waals surface area contributed by atoms with Crippen LogP contribution in [0, 0.1) is 0 Å².